The molecule has 1 unspecified atom stereocenters. The van der Waals surface area contributed by atoms with Gasteiger partial charge in [0.2, 0.25) is 5.95 Å². The van der Waals surface area contributed by atoms with Gasteiger partial charge in [0.25, 0.3) is 0 Å². The Bertz CT molecular complexity index is 1310. The Labute approximate surface area is 187 Å². The third kappa shape index (κ3) is 4.30. The molecule has 0 amide bonds. The Kier molecular flexibility index (Phi) is 5.49. The maximum Gasteiger partial charge on any atom is 0.225 e. The Morgan fingerprint density at radius 3 is 2.47 bits per heavy atom. The molecule has 2 heterocycles. The minimum atomic E-state index is 0.101. The molecule has 158 valence electrons. The summed E-state index contributed by atoms with van der Waals surface area (Å²) < 4.78 is 1.98. The summed E-state index contributed by atoms with van der Waals surface area (Å²) in [5.41, 5.74) is 5.37. The Morgan fingerprint density at radius 2 is 1.66 bits per heavy atom. The van der Waals surface area contributed by atoms with Gasteiger partial charge in [-0.2, -0.15) is 4.98 Å². The zero-order valence-corrected chi connectivity index (χ0v) is 17.8. The van der Waals surface area contributed by atoms with Gasteiger partial charge in [-0.25, -0.2) is 9.97 Å². The first-order valence-electron chi connectivity index (χ1n) is 10.7. The first-order chi connectivity index (χ1) is 15.8. The number of nitrogens with zero attached hydrogens (tertiary/aromatic N) is 4. The van der Waals surface area contributed by atoms with Gasteiger partial charge in [-0.1, -0.05) is 60.7 Å². The average molecular weight is 421 g/mol. The molecule has 0 aliphatic rings. The third-order valence-corrected chi connectivity index (χ3v) is 5.42. The van der Waals surface area contributed by atoms with Gasteiger partial charge in [-0.15, -0.1) is 0 Å². The van der Waals surface area contributed by atoms with Crippen molar-refractivity contribution in [3.8, 4) is 5.82 Å². The van der Waals surface area contributed by atoms with E-state index in [0.717, 1.165) is 29.1 Å². The maximum atomic E-state index is 4.71. The van der Waals surface area contributed by atoms with Gasteiger partial charge in [-0.05, 0) is 42.3 Å². The van der Waals surface area contributed by atoms with Crippen molar-refractivity contribution in [2.24, 2.45) is 0 Å². The van der Waals surface area contributed by atoms with Gasteiger partial charge in [0.1, 0.15) is 12.1 Å². The molecule has 2 aromatic heterocycles. The van der Waals surface area contributed by atoms with Gasteiger partial charge in [0, 0.05) is 18.4 Å². The molecule has 0 fully saturated rings. The van der Waals surface area contributed by atoms with Crippen LogP contribution in [0.15, 0.2) is 97.5 Å². The molecule has 1 atom stereocenters. The summed E-state index contributed by atoms with van der Waals surface area (Å²) in [5, 5.41) is 6.85. The summed E-state index contributed by atoms with van der Waals surface area (Å²) in [6.45, 7) is 2.87. The van der Waals surface area contributed by atoms with Crippen LogP contribution in [0.5, 0.6) is 0 Å². The largest absolute Gasteiger partial charge is 0.381 e. The van der Waals surface area contributed by atoms with Crippen molar-refractivity contribution in [1.29, 1.82) is 0 Å². The van der Waals surface area contributed by atoms with Crippen LogP contribution in [0.4, 0.5) is 11.6 Å². The highest BCUT2D eigenvalue weighted by molar-refractivity contribution is 5.81. The standard InChI is InChI=1S/C26H24N6/c1-19(21-10-6-3-7-11-21)30-26-27-15-14-25(31-26)32-18-29-23-16-22(12-13-24(23)32)28-17-20-8-4-2-5-9-20/h2-16,18-19,28H,17H2,1H3,(H,27,30,31). The highest BCUT2D eigenvalue weighted by Gasteiger charge is 2.10. The van der Waals surface area contributed by atoms with E-state index in [9.17, 15) is 0 Å². The first kappa shape index (κ1) is 19.8. The Balaban J connectivity index is 1.35. The molecule has 32 heavy (non-hydrogen) atoms. The van der Waals surface area contributed by atoms with E-state index in [1.54, 1.807) is 12.5 Å². The highest BCUT2D eigenvalue weighted by atomic mass is 15.2. The van der Waals surface area contributed by atoms with Crippen molar-refractivity contribution in [2.75, 3.05) is 10.6 Å². The van der Waals surface area contributed by atoms with E-state index < -0.39 is 0 Å². The van der Waals surface area contributed by atoms with Crippen molar-refractivity contribution in [3.05, 3.63) is 109 Å². The van der Waals surface area contributed by atoms with Crippen molar-refractivity contribution in [1.82, 2.24) is 19.5 Å². The molecule has 6 nitrogen and oxygen atoms in total. The number of hydrogen-bond acceptors (Lipinski definition) is 5. The van der Waals surface area contributed by atoms with Gasteiger partial charge >= 0.3 is 0 Å². The number of benzene rings is 3. The summed E-state index contributed by atoms with van der Waals surface area (Å²) in [5.74, 6) is 1.36. The molecule has 0 saturated heterocycles. The van der Waals surface area contributed by atoms with E-state index in [1.165, 1.54) is 11.1 Å². The van der Waals surface area contributed by atoms with Crippen molar-refractivity contribution >= 4 is 22.7 Å². The second kappa shape index (κ2) is 8.89. The number of imidazole rings is 1. The molecule has 0 aliphatic heterocycles. The van der Waals surface area contributed by atoms with E-state index in [4.69, 9.17) is 4.98 Å². The van der Waals surface area contributed by atoms with Crippen molar-refractivity contribution in [3.63, 3.8) is 0 Å². The zero-order chi connectivity index (χ0) is 21.8. The molecule has 2 N–H and O–H groups in total. The second-order valence-electron chi connectivity index (χ2n) is 7.67. The van der Waals surface area contributed by atoms with Crippen molar-refractivity contribution in [2.45, 2.75) is 19.5 Å². The monoisotopic (exact) mass is 420 g/mol. The van der Waals surface area contributed by atoms with Crippen LogP contribution < -0.4 is 10.6 Å². The summed E-state index contributed by atoms with van der Waals surface area (Å²) in [6.07, 6.45) is 3.57. The Hall–Kier alpha value is -4.19. The molecule has 5 aromatic rings. The third-order valence-electron chi connectivity index (χ3n) is 5.42. The van der Waals surface area contributed by atoms with Gasteiger partial charge in [0.05, 0.1) is 17.1 Å². The van der Waals surface area contributed by atoms with Crippen LogP contribution in [0.25, 0.3) is 16.9 Å². The molecule has 3 aromatic carbocycles. The summed E-state index contributed by atoms with van der Waals surface area (Å²) >= 11 is 0. The number of fused-ring (bicyclic) bond motifs is 1. The lowest BCUT2D eigenvalue weighted by Gasteiger charge is -2.14. The predicted octanol–water partition coefficient (Wildman–Crippen LogP) is 5.60. The lowest BCUT2D eigenvalue weighted by Crippen LogP contribution is -2.10. The SMILES string of the molecule is CC(Nc1nccc(-n2cnc3cc(NCc4ccccc4)ccc32)n1)c1ccccc1. The molecular formula is C26H24N6. The topological polar surface area (TPSA) is 67.7 Å². The number of rotatable bonds is 7. The molecule has 0 spiro atoms. The molecule has 0 saturated carbocycles. The minimum Gasteiger partial charge on any atom is -0.381 e. The predicted molar refractivity (Wildman–Crippen MR) is 129 cm³/mol. The van der Waals surface area contributed by atoms with E-state index in [-0.39, 0.29) is 6.04 Å². The normalized spacial score (nSPS) is 11.9. The number of nitrogens with one attached hydrogen (secondary N) is 2. The number of anilines is 2. The van der Waals surface area contributed by atoms with E-state index >= 15 is 0 Å². The molecule has 0 radical (unpaired) electrons. The maximum absolute atomic E-state index is 4.71. The van der Waals surface area contributed by atoms with Crippen LogP contribution in [-0.4, -0.2) is 19.5 Å². The fraction of sp³-hybridized carbons (Fsp3) is 0.115. The molecule has 0 aliphatic carbocycles. The van der Waals surface area contributed by atoms with Crippen LogP contribution in [-0.2, 0) is 6.54 Å². The number of aromatic nitrogens is 4. The quantitative estimate of drug-likeness (QED) is 0.359. The summed E-state index contributed by atoms with van der Waals surface area (Å²) in [7, 11) is 0. The highest BCUT2D eigenvalue weighted by Crippen LogP contribution is 2.22. The molecule has 0 bridgehead atoms. The van der Waals surface area contributed by atoms with Gasteiger partial charge < -0.3 is 10.6 Å². The lowest BCUT2D eigenvalue weighted by molar-refractivity contribution is 0.854. The lowest BCUT2D eigenvalue weighted by atomic mass is 10.1. The smallest absolute Gasteiger partial charge is 0.225 e. The zero-order valence-electron chi connectivity index (χ0n) is 17.8. The van der Waals surface area contributed by atoms with Crippen LogP contribution in [0.3, 0.4) is 0 Å². The Morgan fingerprint density at radius 1 is 0.875 bits per heavy atom. The van der Waals surface area contributed by atoms with Crippen LogP contribution in [0, 0.1) is 0 Å². The van der Waals surface area contributed by atoms with Crippen LogP contribution >= 0.6 is 0 Å². The summed E-state index contributed by atoms with van der Waals surface area (Å²) in [4.78, 5) is 13.7. The van der Waals surface area contributed by atoms with E-state index in [2.05, 4.69) is 70.0 Å². The fourth-order valence-corrected chi connectivity index (χ4v) is 3.68. The van der Waals surface area contributed by atoms with Crippen molar-refractivity contribution < 1.29 is 0 Å². The molecule has 5 rings (SSSR count). The number of hydrogen-bond donors (Lipinski definition) is 2. The first-order valence-corrected chi connectivity index (χ1v) is 10.7. The minimum absolute atomic E-state index is 0.101. The second-order valence-corrected chi connectivity index (χ2v) is 7.67. The van der Waals surface area contributed by atoms with Gasteiger partial charge in [-0.3, -0.25) is 4.57 Å². The van der Waals surface area contributed by atoms with E-state index in [1.807, 2.05) is 47.0 Å². The summed E-state index contributed by atoms with van der Waals surface area (Å²) in [6, 6.07) is 28.8. The van der Waals surface area contributed by atoms with Crippen LogP contribution in [0.1, 0.15) is 24.1 Å². The van der Waals surface area contributed by atoms with E-state index in [0.29, 0.717) is 5.95 Å². The van der Waals surface area contributed by atoms with Crippen LogP contribution in [0.2, 0.25) is 0 Å². The average Bonchev–Trinajstić information content (AvgIpc) is 3.27. The molecular weight excluding hydrogens is 396 g/mol. The molecule has 6 heteroatoms. The fourth-order valence-electron chi connectivity index (χ4n) is 3.68. The van der Waals surface area contributed by atoms with Gasteiger partial charge in [0.15, 0.2) is 0 Å².